The predicted molar refractivity (Wildman–Crippen MR) is 53.3 cm³/mol. The van der Waals surface area contributed by atoms with E-state index in [1.165, 1.54) is 0 Å². The molecule has 7 heteroatoms. The first-order chi connectivity index (χ1) is 7.36. The van der Waals surface area contributed by atoms with Crippen LogP contribution in [0.4, 0.5) is 0 Å². The highest BCUT2D eigenvalue weighted by atomic mass is 16.4. The van der Waals surface area contributed by atoms with Crippen LogP contribution >= 0.6 is 0 Å². The summed E-state index contributed by atoms with van der Waals surface area (Å²) in [6.07, 6.45) is -4.59. The van der Waals surface area contributed by atoms with E-state index >= 15 is 0 Å². The first-order valence-electron chi connectivity index (χ1n) is 4.48. The van der Waals surface area contributed by atoms with Gasteiger partial charge in [0.2, 0.25) is 11.6 Å². The fourth-order valence-electron chi connectivity index (χ4n) is 0.968. The molecule has 7 nitrogen and oxygen atoms in total. The topological polar surface area (TPSA) is 141 Å². The highest BCUT2D eigenvalue weighted by Gasteiger charge is 2.34. The predicted octanol–water partition coefficient (Wildman–Crippen LogP) is -3.29. The number of ketones is 2. The van der Waals surface area contributed by atoms with Gasteiger partial charge in [-0.05, 0) is 6.08 Å². The summed E-state index contributed by atoms with van der Waals surface area (Å²) in [6, 6.07) is -1.68. The van der Waals surface area contributed by atoms with Gasteiger partial charge in [-0.2, -0.15) is 0 Å². The van der Waals surface area contributed by atoms with Gasteiger partial charge in [0.1, 0.15) is 24.4 Å². The number of rotatable bonds is 7. The summed E-state index contributed by atoms with van der Waals surface area (Å²) >= 11 is 0. The van der Waals surface area contributed by atoms with Gasteiger partial charge in [-0.25, -0.2) is 0 Å². The van der Waals surface area contributed by atoms with Gasteiger partial charge in [-0.1, -0.05) is 6.58 Å². The van der Waals surface area contributed by atoms with Crippen molar-refractivity contribution >= 4 is 11.6 Å². The molecule has 0 amide bonds. The standard InChI is InChI=1S/C9H15NO6/c1-2-4(12)7(14)6(10)9(16)8(15)5(13)3-11/h2,5-6,8-9,11,13,15-16H,1,3,10H2/t5-,6-,8-,9-/m1/s1. The third-order valence-corrected chi connectivity index (χ3v) is 2.03. The van der Waals surface area contributed by atoms with E-state index in [4.69, 9.17) is 15.9 Å². The van der Waals surface area contributed by atoms with Crippen molar-refractivity contribution in [1.29, 1.82) is 0 Å². The summed E-state index contributed by atoms with van der Waals surface area (Å²) in [5.74, 6) is -2.14. The second-order valence-corrected chi connectivity index (χ2v) is 3.19. The highest BCUT2D eigenvalue weighted by Crippen LogP contribution is 2.05. The minimum Gasteiger partial charge on any atom is -0.394 e. The Kier molecular flexibility index (Phi) is 6.01. The summed E-state index contributed by atoms with van der Waals surface area (Å²) < 4.78 is 0. The number of nitrogens with two attached hydrogens (primary N) is 1. The van der Waals surface area contributed by atoms with Crippen LogP contribution in [-0.2, 0) is 9.59 Å². The van der Waals surface area contributed by atoms with Crippen LogP contribution in [0.1, 0.15) is 0 Å². The van der Waals surface area contributed by atoms with E-state index < -0.39 is 42.5 Å². The average molecular weight is 233 g/mol. The van der Waals surface area contributed by atoms with E-state index in [-0.39, 0.29) is 0 Å². The fraction of sp³-hybridized carbons (Fsp3) is 0.556. The molecule has 0 spiro atoms. The second kappa shape index (κ2) is 6.46. The van der Waals surface area contributed by atoms with Gasteiger partial charge < -0.3 is 26.2 Å². The lowest BCUT2D eigenvalue weighted by atomic mass is 9.97. The summed E-state index contributed by atoms with van der Waals surface area (Å²) in [5, 5.41) is 36.1. The Hall–Kier alpha value is -1.12. The molecule has 0 aliphatic heterocycles. The van der Waals surface area contributed by atoms with Crippen LogP contribution in [0.2, 0.25) is 0 Å². The first-order valence-corrected chi connectivity index (χ1v) is 4.48. The number of carbonyl (C=O) groups is 2. The molecule has 6 N–H and O–H groups in total. The number of Topliss-reactive ketones (excluding diaryl/α,β-unsaturated/α-hetero) is 1. The van der Waals surface area contributed by atoms with E-state index in [0.717, 1.165) is 6.08 Å². The maximum absolute atomic E-state index is 11.2. The van der Waals surface area contributed by atoms with Crippen molar-refractivity contribution < 1.29 is 30.0 Å². The van der Waals surface area contributed by atoms with Gasteiger partial charge in [0, 0.05) is 0 Å². The molecule has 0 aromatic heterocycles. The first kappa shape index (κ1) is 14.9. The molecular weight excluding hydrogens is 218 g/mol. The molecular formula is C9H15NO6. The van der Waals surface area contributed by atoms with E-state index in [2.05, 4.69) is 6.58 Å². The summed E-state index contributed by atoms with van der Waals surface area (Å²) in [7, 11) is 0. The van der Waals surface area contributed by atoms with Crippen LogP contribution < -0.4 is 5.73 Å². The van der Waals surface area contributed by atoms with Gasteiger partial charge in [0.15, 0.2) is 0 Å². The monoisotopic (exact) mass is 233 g/mol. The Balaban J connectivity index is 4.60. The van der Waals surface area contributed by atoms with Crippen molar-refractivity contribution in [3.05, 3.63) is 12.7 Å². The molecule has 0 heterocycles. The maximum Gasteiger partial charge on any atom is 0.222 e. The lowest BCUT2D eigenvalue weighted by Gasteiger charge is -2.24. The zero-order chi connectivity index (χ0) is 12.9. The van der Waals surface area contributed by atoms with E-state index in [0.29, 0.717) is 0 Å². The Morgan fingerprint density at radius 1 is 1.25 bits per heavy atom. The normalized spacial score (nSPS) is 18.3. The number of hydrogen-bond donors (Lipinski definition) is 5. The van der Waals surface area contributed by atoms with Crippen LogP contribution in [0.25, 0.3) is 0 Å². The summed E-state index contributed by atoms with van der Waals surface area (Å²) in [4.78, 5) is 22.0. The molecule has 4 atom stereocenters. The van der Waals surface area contributed by atoms with Gasteiger partial charge in [-0.15, -0.1) is 0 Å². The number of aliphatic hydroxyl groups excluding tert-OH is 4. The number of aliphatic hydroxyl groups is 4. The van der Waals surface area contributed by atoms with Crippen molar-refractivity contribution in [2.45, 2.75) is 24.4 Å². The molecule has 0 aromatic carbocycles. The third-order valence-electron chi connectivity index (χ3n) is 2.03. The van der Waals surface area contributed by atoms with Crippen LogP contribution in [0.5, 0.6) is 0 Å². The lowest BCUT2D eigenvalue weighted by molar-refractivity contribution is -0.139. The zero-order valence-corrected chi connectivity index (χ0v) is 8.48. The molecule has 0 fully saturated rings. The molecule has 0 bridgehead atoms. The van der Waals surface area contributed by atoms with Gasteiger partial charge in [-0.3, -0.25) is 9.59 Å². The molecule has 0 saturated carbocycles. The maximum atomic E-state index is 11.2. The van der Waals surface area contributed by atoms with Crippen LogP contribution in [-0.4, -0.2) is 63.0 Å². The Bertz CT molecular complexity index is 279. The van der Waals surface area contributed by atoms with E-state index in [1.54, 1.807) is 0 Å². The van der Waals surface area contributed by atoms with Crippen LogP contribution in [0.3, 0.4) is 0 Å². The second-order valence-electron chi connectivity index (χ2n) is 3.19. The van der Waals surface area contributed by atoms with Crippen LogP contribution in [0.15, 0.2) is 12.7 Å². The van der Waals surface area contributed by atoms with Crippen molar-refractivity contribution in [3.8, 4) is 0 Å². The molecule has 16 heavy (non-hydrogen) atoms. The van der Waals surface area contributed by atoms with Crippen LogP contribution in [0, 0.1) is 0 Å². The molecule has 0 rings (SSSR count). The highest BCUT2D eigenvalue weighted by molar-refractivity contribution is 6.43. The quantitative estimate of drug-likeness (QED) is 0.229. The summed E-state index contributed by atoms with van der Waals surface area (Å²) in [5.41, 5.74) is 5.21. The van der Waals surface area contributed by atoms with E-state index in [9.17, 15) is 19.8 Å². The minimum absolute atomic E-state index is 0.726. The Labute approximate surface area is 91.8 Å². The van der Waals surface area contributed by atoms with Crippen molar-refractivity contribution in [3.63, 3.8) is 0 Å². The number of allylic oxidation sites excluding steroid dienone is 1. The molecule has 0 radical (unpaired) electrons. The minimum atomic E-state index is -1.85. The average Bonchev–Trinajstić information content (AvgIpc) is 2.32. The molecule has 0 unspecified atom stereocenters. The van der Waals surface area contributed by atoms with Crippen molar-refractivity contribution in [1.82, 2.24) is 0 Å². The van der Waals surface area contributed by atoms with E-state index in [1.807, 2.05) is 0 Å². The Morgan fingerprint density at radius 3 is 2.12 bits per heavy atom. The van der Waals surface area contributed by atoms with Gasteiger partial charge in [0.25, 0.3) is 0 Å². The SMILES string of the molecule is C=CC(=O)C(=O)[C@@H](N)[C@@H](O)[C@H](O)[C@H](O)CO. The van der Waals surface area contributed by atoms with Gasteiger partial charge in [0.05, 0.1) is 6.61 Å². The number of carbonyl (C=O) groups excluding carboxylic acids is 2. The van der Waals surface area contributed by atoms with Crippen molar-refractivity contribution in [2.75, 3.05) is 6.61 Å². The zero-order valence-electron chi connectivity index (χ0n) is 8.48. The number of hydrogen-bond acceptors (Lipinski definition) is 7. The lowest BCUT2D eigenvalue weighted by Crippen LogP contribution is -2.54. The molecule has 0 aliphatic rings. The molecule has 0 aromatic rings. The smallest absolute Gasteiger partial charge is 0.222 e. The molecule has 92 valence electrons. The third kappa shape index (κ3) is 3.47. The fourth-order valence-corrected chi connectivity index (χ4v) is 0.968. The summed E-state index contributed by atoms with van der Waals surface area (Å²) in [6.45, 7) is 2.25. The largest absolute Gasteiger partial charge is 0.394 e. The van der Waals surface area contributed by atoms with Gasteiger partial charge >= 0.3 is 0 Å². The van der Waals surface area contributed by atoms with Crippen molar-refractivity contribution in [2.24, 2.45) is 5.73 Å². The molecule has 0 saturated heterocycles. The Morgan fingerprint density at radius 2 is 1.75 bits per heavy atom. The molecule has 0 aliphatic carbocycles.